The van der Waals surface area contributed by atoms with Gasteiger partial charge in [-0.05, 0) is 36.6 Å². The minimum atomic E-state index is -0.939. The van der Waals surface area contributed by atoms with Crippen molar-refractivity contribution >= 4 is 5.52 Å². The Morgan fingerprint density at radius 1 is 1.14 bits per heavy atom. The van der Waals surface area contributed by atoms with Gasteiger partial charge in [-0.25, -0.2) is 13.8 Å². The highest BCUT2D eigenvalue weighted by Crippen LogP contribution is 2.35. The molecule has 1 saturated heterocycles. The van der Waals surface area contributed by atoms with E-state index in [0.29, 0.717) is 0 Å². The molecule has 2 atom stereocenters. The molecule has 2 aromatic heterocycles. The highest BCUT2D eigenvalue weighted by atomic mass is 19.2. The lowest BCUT2D eigenvalue weighted by molar-refractivity contribution is -0.0128. The van der Waals surface area contributed by atoms with E-state index in [-0.39, 0.29) is 18.4 Å². The summed E-state index contributed by atoms with van der Waals surface area (Å²) in [4.78, 5) is 11.4. The predicted octanol–water partition coefficient (Wildman–Crippen LogP) is 5.28. The summed E-state index contributed by atoms with van der Waals surface area (Å²) in [6.45, 7) is 4.75. The maximum Gasteiger partial charge on any atom is 0.162 e. The van der Waals surface area contributed by atoms with Crippen LogP contribution in [0.25, 0.3) is 16.8 Å². The number of aliphatic hydroxyl groups excluding tert-OH is 1. The van der Waals surface area contributed by atoms with Gasteiger partial charge in [-0.3, -0.25) is 14.3 Å². The van der Waals surface area contributed by atoms with E-state index in [4.69, 9.17) is 9.72 Å². The van der Waals surface area contributed by atoms with Gasteiger partial charge < -0.3 is 9.84 Å². The molecular formula is C27H26F2N4O2. The Morgan fingerprint density at radius 3 is 2.74 bits per heavy atom. The molecule has 0 aliphatic carbocycles. The number of aliphatic hydroxyl groups is 1. The molecule has 0 amide bonds. The van der Waals surface area contributed by atoms with Gasteiger partial charge in [-0.15, -0.1) is 0 Å². The fourth-order valence-electron chi connectivity index (χ4n) is 4.58. The zero-order valence-electron chi connectivity index (χ0n) is 19.1. The van der Waals surface area contributed by atoms with Gasteiger partial charge in [-0.2, -0.15) is 0 Å². The number of fused-ring (bicyclic) bond motifs is 1. The first kappa shape index (κ1) is 23.1. The monoisotopic (exact) mass is 476 g/mol. The van der Waals surface area contributed by atoms with Gasteiger partial charge in [0.15, 0.2) is 11.6 Å². The van der Waals surface area contributed by atoms with Crippen molar-refractivity contribution in [1.82, 2.24) is 19.3 Å². The number of nitrogens with zero attached hydrogens (tertiary/aromatic N) is 4. The number of hydrogen-bond donors (Lipinski definition) is 1. The minimum Gasteiger partial charge on any atom is -0.489 e. The Hall–Kier alpha value is -3.62. The number of imidazole rings is 1. The Kier molecular flexibility index (Phi) is 6.57. The largest absolute Gasteiger partial charge is 0.489 e. The van der Waals surface area contributed by atoms with Crippen molar-refractivity contribution in [2.45, 2.75) is 38.1 Å². The van der Waals surface area contributed by atoms with Crippen molar-refractivity contribution in [3.63, 3.8) is 0 Å². The summed E-state index contributed by atoms with van der Waals surface area (Å²) in [5.74, 6) is -0.712. The van der Waals surface area contributed by atoms with Crippen molar-refractivity contribution in [3.8, 4) is 17.0 Å². The molecule has 1 unspecified atom stereocenters. The van der Waals surface area contributed by atoms with Gasteiger partial charge in [0.1, 0.15) is 24.4 Å². The molecule has 35 heavy (non-hydrogen) atoms. The molecule has 6 nitrogen and oxygen atoms in total. The standard InChI is InChI=1S/C27H26F2N4O2/c1-2-25(34)32-13-4-3-5-23(32)27-31-26(24-16-30-12-14-33(24)27)19-8-6-18(7-9-19)17-35-20-10-11-21(28)22(29)15-20/h2,6-12,14-16,23,25,34H,1,3-5,13,17H2/t23-,25?/m0/s1. The average molecular weight is 477 g/mol. The molecule has 0 spiro atoms. The van der Waals surface area contributed by atoms with Gasteiger partial charge >= 0.3 is 0 Å². The second-order valence-electron chi connectivity index (χ2n) is 8.61. The van der Waals surface area contributed by atoms with Gasteiger partial charge in [0.05, 0.1) is 23.4 Å². The quantitative estimate of drug-likeness (QED) is 0.368. The molecule has 3 heterocycles. The molecule has 1 fully saturated rings. The molecule has 180 valence electrons. The lowest BCUT2D eigenvalue weighted by atomic mass is 10.0. The highest BCUT2D eigenvalue weighted by Gasteiger charge is 2.31. The third kappa shape index (κ3) is 4.67. The van der Waals surface area contributed by atoms with E-state index in [1.54, 1.807) is 18.5 Å². The zero-order chi connectivity index (χ0) is 24.4. The molecule has 0 radical (unpaired) electrons. The number of ether oxygens (including phenoxy) is 1. The van der Waals surface area contributed by atoms with Crippen LogP contribution in [0.1, 0.15) is 36.7 Å². The van der Waals surface area contributed by atoms with Crippen LogP contribution in [0.4, 0.5) is 8.78 Å². The lowest BCUT2D eigenvalue weighted by Gasteiger charge is -2.37. The van der Waals surface area contributed by atoms with E-state index in [9.17, 15) is 13.9 Å². The Morgan fingerprint density at radius 2 is 1.97 bits per heavy atom. The highest BCUT2D eigenvalue weighted by molar-refractivity contribution is 5.77. The molecule has 1 aliphatic rings. The van der Waals surface area contributed by atoms with Crippen molar-refractivity contribution in [1.29, 1.82) is 0 Å². The molecule has 1 aliphatic heterocycles. The van der Waals surface area contributed by atoms with E-state index in [1.807, 2.05) is 39.8 Å². The first-order valence-corrected chi connectivity index (χ1v) is 11.6. The SMILES string of the molecule is C=CC(O)N1CCCC[C@H]1c1nc(-c2ccc(COc3ccc(F)c(F)c3)cc2)c2cnccn12. The lowest BCUT2D eigenvalue weighted by Crippen LogP contribution is -2.41. The Balaban J connectivity index is 1.42. The third-order valence-electron chi connectivity index (χ3n) is 6.39. The summed E-state index contributed by atoms with van der Waals surface area (Å²) in [5, 5.41) is 10.5. The summed E-state index contributed by atoms with van der Waals surface area (Å²) in [7, 11) is 0. The van der Waals surface area contributed by atoms with Crippen LogP contribution in [-0.4, -0.2) is 37.1 Å². The van der Waals surface area contributed by atoms with Crippen LogP contribution in [0.3, 0.4) is 0 Å². The summed E-state index contributed by atoms with van der Waals surface area (Å²) >= 11 is 0. The van der Waals surface area contributed by atoms with Crippen LogP contribution < -0.4 is 4.74 Å². The normalized spacial score (nSPS) is 17.4. The number of rotatable bonds is 7. The minimum absolute atomic E-state index is 0.0378. The maximum atomic E-state index is 13.4. The molecule has 0 bridgehead atoms. The number of benzene rings is 2. The van der Waals surface area contributed by atoms with Crippen LogP contribution in [0.15, 0.2) is 73.7 Å². The molecule has 0 saturated carbocycles. The van der Waals surface area contributed by atoms with Crippen LogP contribution in [0, 0.1) is 11.6 Å². The van der Waals surface area contributed by atoms with Gasteiger partial charge in [-0.1, -0.05) is 37.3 Å². The van der Waals surface area contributed by atoms with Gasteiger partial charge in [0.25, 0.3) is 0 Å². The second-order valence-corrected chi connectivity index (χ2v) is 8.61. The number of halogens is 2. The Labute approximate surface area is 202 Å². The summed E-state index contributed by atoms with van der Waals surface area (Å²) in [5.41, 5.74) is 3.49. The third-order valence-corrected chi connectivity index (χ3v) is 6.39. The number of piperidine rings is 1. The van der Waals surface area contributed by atoms with E-state index in [0.717, 1.165) is 66.1 Å². The van der Waals surface area contributed by atoms with E-state index >= 15 is 0 Å². The molecule has 8 heteroatoms. The van der Waals surface area contributed by atoms with Crippen molar-refractivity contribution in [2.24, 2.45) is 0 Å². The summed E-state index contributed by atoms with van der Waals surface area (Å²) in [6, 6.07) is 11.2. The number of aromatic nitrogens is 3. The zero-order valence-corrected chi connectivity index (χ0v) is 19.1. The average Bonchev–Trinajstić information content (AvgIpc) is 3.29. The first-order chi connectivity index (χ1) is 17.0. The second kappa shape index (κ2) is 9.93. The summed E-state index contributed by atoms with van der Waals surface area (Å²) < 4.78 is 34.2. The van der Waals surface area contributed by atoms with Crippen molar-refractivity contribution in [2.75, 3.05) is 6.54 Å². The van der Waals surface area contributed by atoms with E-state index in [2.05, 4.69) is 11.6 Å². The van der Waals surface area contributed by atoms with Gasteiger partial charge in [0, 0.05) is 30.6 Å². The number of hydrogen-bond acceptors (Lipinski definition) is 5. The van der Waals surface area contributed by atoms with E-state index in [1.165, 1.54) is 6.07 Å². The van der Waals surface area contributed by atoms with Crippen molar-refractivity contribution in [3.05, 3.63) is 96.7 Å². The molecule has 5 rings (SSSR count). The van der Waals surface area contributed by atoms with Crippen LogP contribution in [-0.2, 0) is 6.61 Å². The van der Waals surface area contributed by atoms with Crippen LogP contribution in [0.5, 0.6) is 5.75 Å². The smallest absolute Gasteiger partial charge is 0.162 e. The molecule has 4 aromatic rings. The number of likely N-dealkylation sites (tertiary alicyclic amines) is 1. The first-order valence-electron chi connectivity index (χ1n) is 11.6. The Bertz CT molecular complexity index is 1340. The van der Waals surface area contributed by atoms with Crippen LogP contribution in [0.2, 0.25) is 0 Å². The fourth-order valence-corrected chi connectivity index (χ4v) is 4.58. The summed E-state index contributed by atoms with van der Waals surface area (Å²) in [6.07, 6.45) is 9.23. The van der Waals surface area contributed by atoms with Crippen molar-refractivity contribution < 1.29 is 18.6 Å². The maximum absolute atomic E-state index is 13.4. The predicted molar refractivity (Wildman–Crippen MR) is 129 cm³/mol. The van der Waals surface area contributed by atoms with Crippen LogP contribution >= 0.6 is 0 Å². The van der Waals surface area contributed by atoms with Gasteiger partial charge in [0.2, 0.25) is 0 Å². The molecule has 1 N–H and O–H groups in total. The fraction of sp³-hybridized carbons (Fsp3) is 0.259. The van der Waals surface area contributed by atoms with E-state index < -0.39 is 17.9 Å². The molecule has 2 aromatic carbocycles. The molecular weight excluding hydrogens is 450 g/mol. The topological polar surface area (TPSA) is 62.9 Å².